The number of amidine groups is 1. The highest BCUT2D eigenvalue weighted by atomic mass is 32.2. The van der Waals surface area contributed by atoms with E-state index in [0.717, 1.165) is 22.8 Å². The van der Waals surface area contributed by atoms with Crippen molar-refractivity contribution >= 4 is 22.6 Å². The first-order valence-electron chi connectivity index (χ1n) is 7.90. The van der Waals surface area contributed by atoms with Gasteiger partial charge in [-0.15, -0.1) is 0 Å². The second kappa shape index (κ2) is 7.79. The Balaban J connectivity index is 1.91. The van der Waals surface area contributed by atoms with Gasteiger partial charge in [-0.05, 0) is 18.6 Å². The SMILES string of the molecule is COCCCN1C(=Nc2cccnc2)SC[C@@]1(O)c1ccccc1. The maximum absolute atomic E-state index is 11.3. The van der Waals surface area contributed by atoms with Gasteiger partial charge in [-0.2, -0.15) is 0 Å². The number of ether oxygens (including phenoxy) is 1. The quantitative estimate of drug-likeness (QED) is 0.817. The number of benzene rings is 1. The van der Waals surface area contributed by atoms with Gasteiger partial charge < -0.3 is 14.7 Å². The lowest BCUT2D eigenvalue weighted by atomic mass is 10.0. The molecule has 1 atom stereocenters. The number of thioether (sulfide) groups is 1. The molecule has 3 rings (SSSR count). The molecule has 0 radical (unpaired) electrons. The van der Waals surface area contributed by atoms with Gasteiger partial charge in [0.05, 0.1) is 17.6 Å². The lowest BCUT2D eigenvalue weighted by Gasteiger charge is -2.34. The highest BCUT2D eigenvalue weighted by Crippen LogP contribution is 2.39. The maximum Gasteiger partial charge on any atom is 0.175 e. The standard InChI is InChI=1S/C18H21N3O2S/c1-23-12-6-11-21-17(20-16-9-5-10-19-13-16)24-14-18(21,22)15-7-3-2-4-8-15/h2-5,7-10,13,22H,6,11-12,14H2,1H3/t18-/m1/s1. The van der Waals surface area contributed by atoms with E-state index >= 15 is 0 Å². The Morgan fingerprint density at radius 3 is 2.83 bits per heavy atom. The van der Waals surface area contributed by atoms with E-state index in [1.54, 1.807) is 31.3 Å². The second-order valence-corrected chi connectivity index (χ2v) is 6.52. The van der Waals surface area contributed by atoms with Crippen molar-refractivity contribution in [3.63, 3.8) is 0 Å². The molecule has 0 bridgehead atoms. The summed E-state index contributed by atoms with van der Waals surface area (Å²) in [6.07, 6.45) is 4.27. The lowest BCUT2D eigenvalue weighted by molar-refractivity contribution is -0.0498. The molecule has 5 nitrogen and oxygen atoms in total. The number of aliphatic hydroxyl groups is 1. The molecule has 1 saturated heterocycles. The fourth-order valence-electron chi connectivity index (χ4n) is 2.69. The maximum atomic E-state index is 11.3. The molecule has 126 valence electrons. The molecule has 0 spiro atoms. The summed E-state index contributed by atoms with van der Waals surface area (Å²) in [5.41, 5.74) is 0.612. The Hall–Kier alpha value is -1.89. The summed E-state index contributed by atoms with van der Waals surface area (Å²) in [5.74, 6) is 0.545. The zero-order valence-electron chi connectivity index (χ0n) is 13.6. The highest BCUT2D eigenvalue weighted by molar-refractivity contribution is 8.14. The predicted octanol–water partition coefficient (Wildman–Crippen LogP) is 3.00. The molecular formula is C18H21N3O2S. The monoisotopic (exact) mass is 343 g/mol. The number of aromatic nitrogens is 1. The van der Waals surface area contributed by atoms with Crippen LogP contribution in [0.3, 0.4) is 0 Å². The molecule has 0 aliphatic carbocycles. The van der Waals surface area contributed by atoms with E-state index in [-0.39, 0.29) is 0 Å². The minimum Gasteiger partial charge on any atom is -0.385 e. The molecule has 2 heterocycles. The predicted molar refractivity (Wildman–Crippen MR) is 97.3 cm³/mol. The summed E-state index contributed by atoms with van der Waals surface area (Å²) in [7, 11) is 1.69. The molecule has 1 fully saturated rings. The summed E-state index contributed by atoms with van der Waals surface area (Å²) < 4.78 is 5.16. The Labute approximate surface area is 146 Å². The van der Waals surface area contributed by atoms with Gasteiger partial charge in [-0.1, -0.05) is 42.1 Å². The first-order valence-corrected chi connectivity index (χ1v) is 8.88. The van der Waals surface area contributed by atoms with Gasteiger partial charge in [0.25, 0.3) is 0 Å². The van der Waals surface area contributed by atoms with Crippen molar-refractivity contribution < 1.29 is 9.84 Å². The normalized spacial score (nSPS) is 22.2. The van der Waals surface area contributed by atoms with Crippen LogP contribution >= 0.6 is 11.8 Å². The number of hydrogen-bond acceptors (Lipinski definition) is 5. The summed E-state index contributed by atoms with van der Waals surface area (Å²) in [6.45, 7) is 1.32. The molecule has 0 amide bonds. The van der Waals surface area contributed by atoms with Crippen molar-refractivity contribution in [2.24, 2.45) is 4.99 Å². The van der Waals surface area contributed by atoms with Gasteiger partial charge in [0, 0.05) is 32.0 Å². The van der Waals surface area contributed by atoms with E-state index in [9.17, 15) is 5.11 Å². The van der Waals surface area contributed by atoms with Gasteiger partial charge in [-0.25, -0.2) is 4.99 Å². The van der Waals surface area contributed by atoms with Crippen LogP contribution in [0.25, 0.3) is 0 Å². The Morgan fingerprint density at radius 2 is 2.12 bits per heavy atom. The van der Waals surface area contributed by atoms with Crippen LogP contribution < -0.4 is 0 Å². The molecule has 0 saturated carbocycles. The number of pyridine rings is 1. The van der Waals surface area contributed by atoms with Gasteiger partial charge in [0.2, 0.25) is 0 Å². The molecule has 0 unspecified atom stereocenters. The number of hydrogen-bond donors (Lipinski definition) is 1. The smallest absolute Gasteiger partial charge is 0.175 e. The van der Waals surface area contributed by atoms with Crippen LogP contribution in [0.4, 0.5) is 5.69 Å². The number of rotatable bonds is 6. The molecule has 1 aliphatic heterocycles. The van der Waals surface area contributed by atoms with Crippen LogP contribution in [0.15, 0.2) is 59.9 Å². The zero-order valence-corrected chi connectivity index (χ0v) is 14.4. The average molecular weight is 343 g/mol. The lowest BCUT2D eigenvalue weighted by Crippen LogP contribution is -2.45. The topological polar surface area (TPSA) is 58.0 Å². The molecule has 6 heteroatoms. The van der Waals surface area contributed by atoms with Crippen molar-refractivity contribution in [2.45, 2.75) is 12.1 Å². The second-order valence-electron chi connectivity index (χ2n) is 5.57. The van der Waals surface area contributed by atoms with Crippen molar-refractivity contribution in [3.8, 4) is 0 Å². The average Bonchev–Trinajstić information content (AvgIpc) is 2.94. The number of aliphatic imine (C=N–C) groups is 1. The summed E-state index contributed by atoms with van der Waals surface area (Å²) in [5, 5.41) is 12.1. The third-order valence-electron chi connectivity index (χ3n) is 3.92. The number of nitrogens with zero attached hydrogens (tertiary/aromatic N) is 3. The Bertz CT molecular complexity index is 681. The van der Waals surface area contributed by atoms with Crippen molar-refractivity contribution in [2.75, 3.05) is 26.0 Å². The fraction of sp³-hybridized carbons (Fsp3) is 0.333. The van der Waals surface area contributed by atoms with Crippen molar-refractivity contribution in [1.29, 1.82) is 0 Å². The van der Waals surface area contributed by atoms with E-state index < -0.39 is 5.72 Å². The first-order chi connectivity index (χ1) is 11.7. The van der Waals surface area contributed by atoms with Crippen molar-refractivity contribution in [3.05, 3.63) is 60.4 Å². The van der Waals surface area contributed by atoms with E-state index in [4.69, 9.17) is 4.74 Å². The fourth-order valence-corrected chi connectivity index (χ4v) is 3.92. The third kappa shape index (κ3) is 3.61. The number of methoxy groups -OCH3 is 1. The van der Waals surface area contributed by atoms with Crippen LogP contribution in [0.2, 0.25) is 0 Å². The van der Waals surface area contributed by atoms with Crippen LogP contribution in [-0.4, -0.2) is 46.2 Å². The molecule has 1 N–H and O–H groups in total. The van der Waals surface area contributed by atoms with Crippen LogP contribution in [0.1, 0.15) is 12.0 Å². The van der Waals surface area contributed by atoms with Crippen LogP contribution in [-0.2, 0) is 10.5 Å². The van der Waals surface area contributed by atoms with E-state index in [0.29, 0.717) is 18.9 Å². The molecule has 1 aromatic carbocycles. The van der Waals surface area contributed by atoms with Gasteiger partial charge in [-0.3, -0.25) is 4.98 Å². The Kier molecular flexibility index (Phi) is 5.50. The summed E-state index contributed by atoms with van der Waals surface area (Å²) in [4.78, 5) is 10.8. The van der Waals surface area contributed by atoms with E-state index in [2.05, 4.69) is 9.98 Å². The molecule has 2 aromatic rings. The summed E-state index contributed by atoms with van der Waals surface area (Å²) >= 11 is 1.56. The zero-order chi connectivity index (χ0) is 16.8. The van der Waals surface area contributed by atoms with Gasteiger partial charge in [0.1, 0.15) is 0 Å². The van der Waals surface area contributed by atoms with Gasteiger partial charge >= 0.3 is 0 Å². The van der Waals surface area contributed by atoms with Gasteiger partial charge in [0.15, 0.2) is 10.9 Å². The van der Waals surface area contributed by atoms with Crippen LogP contribution in [0.5, 0.6) is 0 Å². The molecule has 1 aliphatic rings. The van der Waals surface area contributed by atoms with E-state index in [1.807, 2.05) is 47.4 Å². The molecule has 24 heavy (non-hydrogen) atoms. The molecule has 1 aromatic heterocycles. The van der Waals surface area contributed by atoms with Crippen molar-refractivity contribution in [1.82, 2.24) is 9.88 Å². The minimum atomic E-state index is -1.05. The highest BCUT2D eigenvalue weighted by Gasteiger charge is 2.44. The van der Waals surface area contributed by atoms with E-state index in [1.165, 1.54) is 0 Å². The molecular weight excluding hydrogens is 322 g/mol. The first kappa shape index (κ1) is 17.0. The van der Waals surface area contributed by atoms with Crippen LogP contribution in [0, 0.1) is 0 Å². The minimum absolute atomic E-state index is 0.545. The Morgan fingerprint density at radius 1 is 1.29 bits per heavy atom. The largest absolute Gasteiger partial charge is 0.385 e. The third-order valence-corrected chi connectivity index (χ3v) is 5.03. The summed E-state index contributed by atoms with van der Waals surface area (Å²) in [6, 6.07) is 13.5.